The standard InChI is InChI=1S/C25H33ClN4O2/c1-4-32-22-8-6-5-7-20(22)9-10-23(31)30-15-12-25(13-16-30)11-14-29(18-25)17-21-19(2)27-28(3)24(21)26/h5-10H,4,11-18H2,1-3H3/b10-9+. The summed E-state index contributed by atoms with van der Waals surface area (Å²) < 4.78 is 7.40. The van der Waals surface area contributed by atoms with Gasteiger partial charge in [0, 0.05) is 50.4 Å². The van der Waals surface area contributed by atoms with Crippen molar-refractivity contribution in [2.75, 3.05) is 32.8 Å². The molecule has 0 N–H and O–H groups in total. The minimum atomic E-state index is 0.0822. The summed E-state index contributed by atoms with van der Waals surface area (Å²) in [7, 11) is 1.89. The van der Waals surface area contributed by atoms with Crippen LogP contribution in [-0.2, 0) is 18.4 Å². The first-order valence-electron chi connectivity index (χ1n) is 11.5. The summed E-state index contributed by atoms with van der Waals surface area (Å²) in [5.41, 5.74) is 3.39. The number of likely N-dealkylation sites (tertiary alicyclic amines) is 2. The van der Waals surface area contributed by atoms with Crippen molar-refractivity contribution in [3.05, 3.63) is 52.3 Å². The molecule has 172 valence electrons. The summed E-state index contributed by atoms with van der Waals surface area (Å²) >= 11 is 6.44. The van der Waals surface area contributed by atoms with E-state index in [0.29, 0.717) is 12.0 Å². The van der Waals surface area contributed by atoms with Gasteiger partial charge in [0.2, 0.25) is 5.91 Å². The van der Waals surface area contributed by atoms with Crippen LogP contribution in [0.15, 0.2) is 30.3 Å². The highest BCUT2D eigenvalue weighted by Crippen LogP contribution is 2.41. The Balaban J connectivity index is 1.32. The fourth-order valence-corrected chi connectivity index (χ4v) is 5.26. The molecule has 6 nitrogen and oxygen atoms in total. The highest BCUT2D eigenvalue weighted by atomic mass is 35.5. The maximum absolute atomic E-state index is 12.8. The first-order valence-corrected chi connectivity index (χ1v) is 11.9. The van der Waals surface area contributed by atoms with Crippen LogP contribution in [0.1, 0.15) is 43.0 Å². The molecule has 2 fully saturated rings. The van der Waals surface area contributed by atoms with Crippen LogP contribution in [0, 0.1) is 12.3 Å². The lowest BCUT2D eigenvalue weighted by Gasteiger charge is -2.39. The second-order valence-electron chi connectivity index (χ2n) is 9.07. The third-order valence-corrected chi connectivity index (χ3v) is 7.40. The Morgan fingerprint density at radius 3 is 2.62 bits per heavy atom. The van der Waals surface area contributed by atoms with E-state index in [0.717, 1.165) is 73.3 Å². The third kappa shape index (κ3) is 4.86. The molecule has 0 radical (unpaired) electrons. The van der Waals surface area contributed by atoms with Crippen molar-refractivity contribution < 1.29 is 9.53 Å². The van der Waals surface area contributed by atoms with Gasteiger partial charge >= 0.3 is 0 Å². The number of nitrogens with zero attached hydrogens (tertiary/aromatic N) is 4. The van der Waals surface area contributed by atoms with Gasteiger partial charge in [-0.1, -0.05) is 29.8 Å². The summed E-state index contributed by atoms with van der Waals surface area (Å²) in [6, 6.07) is 7.82. The zero-order chi connectivity index (χ0) is 22.7. The highest BCUT2D eigenvalue weighted by Gasteiger charge is 2.41. The van der Waals surface area contributed by atoms with Gasteiger partial charge in [0.1, 0.15) is 10.9 Å². The van der Waals surface area contributed by atoms with Crippen molar-refractivity contribution in [3.63, 3.8) is 0 Å². The number of hydrogen-bond acceptors (Lipinski definition) is 4. The van der Waals surface area contributed by atoms with Gasteiger partial charge in [-0.2, -0.15) is 5.10 Å². The van der Waals surface area contributed by atoms with Gasteiger partial charge in [0.25, 0.3) is 0 Å². The summed E-state index contributed by atoms with van der Waals surface area (Å²) in [6.07, 6.45) is 6.85. The molecule has 0 unspecified atom stereocenters. The second-order valence-corrected chi connectivity index (χ2v) is 9.43. The van der Waals surface area contributed by atoms with Crippen molar-refractivity contribution >= 4 is 23.6 Å². The van der Waals surface area contributed by atoms with Gasteiger partial charge in [-0.05, 0) is 57.2 Å². The average molecular weight is 457 g/mol. The van der Waals surface area contributed by atoms with Crippen molar-refractivity contribution in [1.82, 2.24) is 19.6 Å². The number of carbonyl (C=O) groups is 1. The SMILES string of the molecule is CCOc1ccccc1/C=C/C(=O)N1CCC2(CCN(Cc3c(C)nn(C)c3Cl)C2)CC1. The number of amides is 1. The van der Waals surface area contributed by atoms with Gasteiger partial charge in [0.05, 0.1) is 12.3 Å². The van der Waals surface area contributed by atoms with Gasteiger partial charge in [-0.25, -0.2) is 0 Å². The molecule has 1 aromatic heterocycles. The zero-order valence-corrected chi connectivity index (χ0v) is 20.1. The second kappa shape index (κ2) is 9.67. The van der Waals surface area contributed by atoms with E-state index in [9.17, 15) is 4.79 Å². The van der Waals surface area contributed by atoms with Gasteiger partial charge < -0.3 is 9.64 Å². The number of halogens is 1. The van der Waals surface area contributed by atoms with Crippen LogP contribution in [0.4, 0.5) is 0 Å². The summed E-state index contributed by atoms with van der Waals surface area (Å²) in [5, 5.41) is 5.18. The van der Waals surface area contributed by atoms with Gasteiger partial charge in [-0.15, -0.1) is 0 Å². The Bertz CT molecular complexity index is 992. The Morgan fingerprint density at radius 1 is 1.22 bits per heavy atom. The number of aryl methyl sites for hydroxylation is 2. The van der Waals surface area contributed by atoms with E-state index in [2.05, 4.69) is 10.00 Å². The molecular weight excluding hydrogens is 424 g/mol. The zero-order valence-electron chi connectivity index (χ0n) is 19.3. The lowest BCUT2D eigenvalue weighted by atomic mass is 9.78. The number of carbonyl (C=O) groups excluding carboxylic acids is 1. The summed E-state index contributed by atoms with van der Waals surface area (Å²) in [4.78, 5) is 17.3. The van der Waals surface area contributed by atoms with Gasteiger partial charge in [0.15, 0.2) is 0 Å². The molecule has 2 saturated heterocycles. The molecule has 4 rings (SSSR count). The molecule has 32 heavy (non-hydrogen) atoms. The number of ether oxygens (including phenoxy) is 1. The van der Waals surface area contributed by atoms with Crippen molar-refractivity contribution in [3.8, 4) is 5.75 Å². The molecule has 1 amide bonds. The summed E-state index contributed by atoms with van der Waals surface area (Å²) in [5.74, 6) is 0.894. The predicted octanol–water partition coefficient (Wildman–Crippen LogP) is 4.31. The lowest BCUT2D eigenvalue weighted by Crippen LogP contribution is -2.43. The first-order chi connectivity index (χ1) is 15.4. The van der Waals surface area contributed by atoms with E-state index in [-0.39, 0.29) is 5.91 Å². The minimum Gasteiger partial charge on any atom is -0.493 e. The Morgan fingerprint density at radius 2 is 1.94 bits per heavy atom. The monoisotopic (exact) mass is 456 g/mol. The number of aromatic nitrogens is 2. The fourth-order valence-electron chi connectivity index (χ4n) is 5.02. The van der Waals surface area contributed by atoms with E-state index in [1.165, 1.54) is 6.42 Å². The highest BCUT2D eigenvalue weighted by molar-refractivity contribution is 6.30. The van der Waals surface area contributed by atoms with E-state index in [1.54, 1.807) is 10.8 Å². The van der Waals surface area contributed by atoms with Crippen LogP contribution < -0.4 is 4.74 Å². The smallest absolute Gasteiger partial charge is 0.246 e. The molecule has 0 saturated carbocycles. The largest absolute Gasteiger partial charge is 0.493 e. The predicted molar refractivity (Wildman–Crippen MR) is 128 cm³/mol. The number of rotatable bonds is 6. The van der Waals surface area contributed by atoms with E-state index >= 15 is 0 Å². The molecule has 7 heteroatoms. The van der Waals surface area contributed by atoms with Crippen molar-refractivity contribution in [2.24, 2.45) is 12.5 Å². The third-order valence-electron chi connectivity index (χ3n) is 6.93. The number of hydrogen-bond donors (Lipinski definition) is 0. The normalized spacial score (nSPS) is 18.7. The van der Waals surface area contributed by atoms with Gasteiger partial charge in [-0.3, -0.25) is 14.4 Å². The van der Waals surface area contributed by atoms with E-state index in [1.807, 2.05) is 56.1 Å². The van der Waals surface area contributed by atoms with Crippen molar-refractivity contribution in [2.45, 2.75) is 39.7 Å². The Labute approximate surface area is 195 Å². The number of piperidine rings is 1. The molecule has 2 aromatic rings. The van der Waals surface area contributed by atoms with Crippen molar-refractivity contribution in [1.29, 1.82) is 0 Å². The maximum Gasteiger partial charge on any atom is 0.246 e. The Hall–Kier alpha value is -2.31. The van der Waals surface area contributed by atoms with E-state index in [4.69, 9.17) is 16.3 Å². The average Bonchev–Trinajstić information content (AvgIpc) is 3.29. The maximum atomic E-state index is 12.8. The summed E-state index contributed by atoms with van der Waals surface area (Å²) in [6.45, 7) is 9.22. The number of para-hydroxylation sites is 1. The molecule has 1 aromatic carbocycles. The number of benzene rings is 1. The molecule has 2 aliphatic rings. The first kappa shape index (κ1) is 22.9. The van der Waals surface area contributed by atoms with Crippen LogP contribution in [0.3, 0.4) is 0 Å². The molecule has 0 bridgehead atoms. The van der Waals surface area contributed by atoms with Crippen LogP contribution in [0.25, 0.3) is 6.08 Å². The molecule has 1 spiro atoms. The van der Waals surface area contributed by atoms with E-state index < -0.39 is 0 Å². The van der Waals surface area contributed by atoms with Crippen LogP contribution in [0.2, 0.25) is 5.15 Å². The molecular formula is C25H33ClN4O2. The van der Waals surface area contributed by atoms with Crippen LogP contribution in [0.5, 0.6) is 5.75 Å². The molecule has 3 heterocycles. The topological polar surface area (TPSA) is 50.6 Å². The molecule has 2 aliphatic heterocycles. The Kier molecular flexibility index (Phi) is 6.91. The molecule has 0 atom stereocenters. The fraction of sp³-hybridized carbons (Fsp3) is 0.520. The van der Waals surface area contributed by atoms with Crippen LogP contribution >= 0.6 is 11.6 Å². The minimum absolute atomic E-state index is 0.0822. The quantitative estimate of drug-likeness (QED) is 0.608. The lowest BCUT2D eigenvalue weighted by molar-refractivity contribution is -0.128. The van der Waals surface area contributed by atoms with Crippen LogP contribution in [-0.4, -0.2) is 58.3 Å². The molecule has 0 aliphatic carbocycles.